The second-order valence-corrected chi connectivity index (χ2v) is 7.12. The second kappa shape index (κ2) is 9.13. The number of ether oxygens (including phenoxy) is 1. The lowest BCUT2D eigenvalue weighted by molar-refractivity contribution is -0.118. The Balaban J connectivity index is 1.33. The summed E-state index contributed by atoms with van der Waals surface area (Å²) in [4.78, 5) is 26.5. The molecule has 0 aliphatic rings. The molecule has 0 heterocycles. The number of anilines is 2. The predicted octanol–water partition coefficient (Wildman–Crippen LogP) is 5.13. The molecular weight excluding hydrogens is 388 g/mol. The number of fused-ring (bicyclic) bond motifs is 1. The van der Waals surface area contributed by atoms with Gasteiger partial charge in [0.2, 0.25) is 0 Å². The Morgan fingerprint density at radius 3 is 2.23 bits per heavy atom. The first-order chi connectivity index (χ1) is 15.1. The maximum absolute atomic E-state index is 12.6. The second-order valence-electron chi connectivity index (χ2n) is 7.12. The SMILES string of the molecule is CN(C(=O)c1ccc(NC(=O)COc2ccc3ccccc3c2)cc1)c1ccccc1. The lowest BCUT2D eigenvalue weighted by Crippen LogP contribution is -2.26. The third kappa shape index (κ3) is 4.90. The molecule has 0 unspecified atom stereocenters. The summed E-state index contributed by atoms with van der Waals surface area (Å²) in [5.41, 5.74) is 1.96. The quantitative estimate of drug-likeness (QED) is 0.479. The first-order valence-electron chi connectivity index (χ1n) is 9.95. The Morgan fingerprint density at radius 1 is 0.806 bits per heavy atom. The van der Waals surface area contributed by atoms with Crippen LogP contribution in [0.4, 0.5) is 11.4 Å². The number of hydrogen-bond donors (Lipinski definition) is 1. The van der Waals surface area contributed by atoms with E-state index in [9.17, 15) is 9.59 Å². The van der Waals surface area contributed by atoms with Gasteiger partial charge in [-0.15, -0.1) is 0 Å². The molecule has 0 aliphatic heterocycles. The van der Waals surface area contributed by atoms with Crippen molar-refractivity contribution in [3.8, 4) is 5.75 Å². The molecule has 0 saturated carbocycles. The van der Waals surface area contributed by atoms with Gasteiger partial charge in [0.15, 0.2) is 6.61 Å². The zero-order valence-electron chi connectivity index (χ0n) is 17.1. The van der Waals surface area contributed by atoms with Crippen LogP contribution in [0, 0.1) is 0 Å². The summed E-state index contributed by atoms with van der Waals surface area (Å²) in [5, 5.41) is 4.96. The predicted molar refractivity (Wildman–Crippen MR) is 124 cm³/mol. The van der Waals surface area contributed by atoms with Crippen LogP contribution >= 0.6 is 0 Å². The van der Waals surface area contributed by atoms with Crippen LogP contribution in [-0.2, 0) is 4.79 Å². The van der Waals surface area contributed by atoms with Crippen molar-refractivity contribution in [2.75, 3.05) is 23.9 Å². The molecule has 2 amide bonds. The minimum absolute atomic E-state index is 0.101. The van der Waals surface area contributed by atoms with Gasteiger partial charge in [-0.1, -0.05) is 48.5 Å². The van der Waals surface area contributed by atoms with Crippen molar-refractivity contribution in [2.24, 2.45) is 0 Å². The van der Waals surface area contributed by atoms with E-state index < -0.39 is 0 Å². The lowest BCUT2D eigenvalue weighted by atomic mass is 10.1. The topological polar surface area (TPSA) is 58.6 Å². The van der Waals surface area contributed by atoms with Gasteiger partial charge < -0.3 is 15.0 Å². The van der Waals surface area contributed by atoms with Gasteiger partial charge in [0.05, 0.1) is 0 Å². The average Bonchev–Trinajstić information content (AvgIpc) is 2.82. The van der Waals surface area contributed by atoms with Gasteiger partial charge in [-0.2, -0.15) is 0 Å². The average molecular weight is 410 g/mol. The summed E-state index contributed by atoms with van der Waals surface area (Å²) >= 11 is 0. The Bertz CT molecular complexity index is 1200. The van der Waals surface area contributed by atoms with Crippen LogP contribution < -0.4 is 15.0 Å². The van der Waals surface area contributed by atoms with Crippen LogP contribution in [0.5, 0.6) is 5.75 Å². The van der Waals surface area contributed by atoms with Crippen LogP contribution in [0.25, 0.3) is 10.8 Å². The largest absolute Gasteiger partial charge is 0.484 e. The molecule has 5 nitrogen and oxygen atoms in total. The van der Waals surface area contributed by atoms with Crippen molar-refractivity contribution in [1.29, 1.82) is 0 Å². The van der Waals surface area contributed by atoms with E-state index in [4.69, 9.17) is 4.74 Å². The van der Waals surface area contributed by atoms with E-state index in [0.717, 1.165) is 16.5 Å². The first kappa shape index (κ1) is 20.2. The van der Waals surface area contributed by atoms with Crippen LogP contribution in [-0.4, -0.2) is 25.5 Å². The fraction of sp³-hybridized carbons (Fsp3) is 0.0769. The van der Waals surface area contributed by atoms with E-state index in [0.29, 0.717) is 17.0 Å². The van der Waals surface area contributed by atoms with E-state index in [1.54, 1.807) is 36.2 Å². The number of hydrogen-bond acceptors (Lipinski definition) is 3. The smallest absolute Gasteiger partial charge is 0.262 e. The minimum atomic E-state index is -0.270. The van der Waals surface area contributed by atoms with E-state index >= 15 is 0 Å². The van der Waals surface area contributed by atoms with Crippen LogP contribution in [0.2, 0.25) is 0 Å². The normalized spacial score (nSPS) is 10.5. The summed E-state index contributed by atoms with van der Waals surface area (Å²) < 4.78 is 5.62. The summed E-state index contributed by atoms with van der Waals surface area (Å²) in [6.07, 6.45) is 0. The van der Waals surface area contributed by atoms with Crippen molar-refractivity contribution >= 4 is 34.0 Å². The number of amides is 2. The zero-order valence-corrected chi connectivity index (χ0v) is 17.1. The van der Waals surface area contributed by atoms with Crippen molar-refractivity contribution < 1.29 is 14.3 Å². The van der Waals surface area contributed by atoms with Crippen LogP contribution in [0.15, 0.2) is 97.1 Å². The highest BCUT2D eigenvalue weighted by molar-refractivity contribution is 6.06. The number of rotatable bonds is 6. The van der Waals surface area contributed by atoms with Crippen molar-refractivity contribution in [3.63, 3.8) is 0 Å². The molecule has 154 valence electrons. The molecule has 0 aliphatic carbocycles. The van der Waals surface area contributed by atoms with E-state index in [1.807, 2.05) is 72.8 Å². The van der Waals surface area contributed by atoms with E-state index in [1.165, 1.54) is 0 Å². The van der Waals surface area contributed by atoms with Gasteiger partial charge >= 0.3 is 0 Å². The molecule has 31 heavy (non-hydrogen) atoms. The molecule has 0 bridgehead atoms. The number of nitrogens with one attached hydrogen (secondary N) is 1. The standard InChI is InChI=1S/C26H22N2O3/c1-28(23-9-3-2-4-10-23)26(30)20-11-14-22(15-12-20)27-25(29)18-31-24-16-13-19-7-5-6-8-21(19)17-24/h2-17H,18H2,1H3,(H,27,29). The molecule has 0 spiro atoms. The number of carbonyl (C=O) groups excluding carboxylic acids is 2. The number of nitrogens with zero attached hydrogens (tertiary/aromatic N) is 1. The van der Waals surface area contributed by atoms with Crippen molar-refractivity contribution in [2.45, 2.75) is 0 Å². The monoisotopic (exact) mass is 410 g/mol. The molecule has 0 atom stereocenters. The number of benzene rings is 4. The maximum Gasteiger partial charge on any atom is 0.262 e. The third-order valence-corrected chi connectivity index (χ3v) is 4.95. The minimum Gasteiger partial charge on any atom is -0.484 e. The van der Waals surface area contributed by atoms with Crippen LogP contribution in [0.1, 0.15) is 10.4 Å². The molecule has 1 N–H and O–H groups in total. The highest BCUT2D eigenvalue weighted by atomic mass is 16.5. The van der Waals surface area contributed by atoms with Gasteiger partial charge in [-0.05, 0) is 59.3 Å². The highest BCUT2D eigenvalue weighted by Crippen LogP contribution is 2.21. The number of para-hydroxylation sites is 1. The maximum atomic E-state index is 12.6. The van der Waals surface area contributed by atoms with E-state index in [-0.39, 0.29) is 18.4 Å². The molecule has 0 saturated heterocycles. The fourth-order valence-electron chi connectivity index (χ4n) is 3.26. The van der Waals surface area contributed by atoms with Gasteiger partial charge in [0, 0.05) is 24.0 Å². The molecule has 5 heteroatoms. The summed E-state index contributed by atoms with van der Waals surface area (Å²) in [7, 11) is 1.73. The number of carbonyl (C=O) groups is 2. The summed E-state index contributed by atoms with van der Waals surface area (Å²) in [6.45, 7) is -0.101. The molecule has 0 radical (unpaired) electrons. The Kier molecular flexibility index (Phi) is 5.94. The van der Waals surface area contributed by atoms with Gasteiger partial charge in [-0.3, -0.25) is 9.59 Å². The molecule has 4 aromatic carbocycles. The highest BCUT2D eigenvalue weighted by Gasteiger charge is 2.13. The summed E-state index contributed by atoms with van der Waals surface area (Å²) in [6, 6.07) is 29.9. The molecule has 4 aromatic rings. The van der Waals surface area contributed by atoms with Crippen molar-refractivity contribution in [3.05, 3.63) is 103 Å². The van der Waals surface area contributed by atoms with Crippen LogP contribution in [0.3, 0.4) is 0 Å². The van der Waals surface area contributed by atoms with Gasteiger partial charge in [-0.25, -0.2) is 0 Å². The first-order valence-corrected chi connectivity index (χ1v) is 9.95. The molecule has 0 fully saturated rings. The Labute approximate surface area is 180 Å². The Morgan fingerprint density at radius 2 is 1.48 bits per heavy atom. The van der Waals surface area contributed by atoms with Gasteiger partial charge in [0.1, 0.15) is 5.75 Å². The molecular formula is C26H22N2O3. The van der Waals surface area contributed by atoms with E-state index in [2.05, 4.69) is 5.32 Å². The van der Waals surface area contributed by atoms with Crippen molar-refractivity contribution in [1.82, 2.24) is 0 Å². The molecule has 0 aromatic heterocycles. The molecule has 4 rings (SSSR count). The Hall–Kier alpha value is -4.12. The fourth-order valence-corrected chi connectivity index (χ4v) is 3.26. The lowest BCUT2D eigenvalue weighted by Gasteiger charge is -2.17. The van der Waals surface area contributed by atoms with Gasteiger partial charge in [0.25, 0.3) is 11.8 Å². The summed E-state index contributed by atoms with van der Waals surface area (Å²) in [5.74, 6) is 0.246. The third-order valence-electron chi connectivity index (χ3n) is 4.95. The zero-order chi connectivity index (χ0) is 21.6.